The Balaban J connectivity index is 2.35. The molecule has 6 heteroatoms. The molecule has 0 amide bonds. The molecule has 1 aromatic heterocycles. The van der Waals surface area contributed by atoms with Gasteiger partial charge in [-0.2, -0.15) is 5.10 Å². The second-order valence-electron chi connectivity index (χ2n) is 4.77. The summed E-state index contributed by atoms with van der Waals surface area (Å²) in [5.74, 6) is -1.45. The number of likely N-dealkylation sites (N-methyl/N-ethyl adjacent to an activating group) is 1. The molecular formula is C14H16FN3O2. The lowest BCUT2D eigenvalue weighted by atomic mass is 10.1. The van der Waals surface area contributed by atoms with Gasteiger partial charge in [-0.1, -0.05) is 12.1 Å². The number of benzene rings is 1. The molecule has 106 valence electrons. The largest absolute Gasteiger partial charge is 0.476 e. The van der Waals surface area contributed by atoms with Gasteiger partial charge < -0.3 is 10.0 Å². The number of hydrogen-bond acceptors (Lipinski definition) is 3. The molecule has 1 heterocycles. The van der Waals surface area contributed by atoms with E-state index in [1.54, 1.807) is 23.0 Å². The normalized spacial score (nSPS) is 11.0. The number of carboxylic acids is 1. The summed E-state index contributed by atoms with van der Waals surface area (Å²) in [6, 6.07) is 5.71. The Morgan fingerprint density at radius 1 is 1.35 bits per heavy atom. The Morgan fingerprint density at radius 3 is 2.55 bits per heavy atom. The third-order valence-corrected chi connectivity index (χ3v) is 2.90. The third-order valence-electron chi connectivity index (χ3n) is 2.90. The minimum Gasteiger partial charge on any atom is -0.476 e. The van der Waals surface area contributed by atoms with Gasteiger partial charge in [-0.05, 0) is 31.8 Å². The van der Waals surface area contributed by atoms with Crippen LogP contribution in [0.15, 0.2) is 30.5 Å². The van der Waals surface area contributed by atoms with Crippen LogP contribution in [0.4, 0.5) is 4.39 Å². The summed E-state index contributed by atoms with van der Waals surface area (Å²) in [5, 5.41) is 13.3. The van der Waals surface area contributed by atoms with Crippen LogP contribution in [-0.2, 0) is 6.54 Å². The Morgan fingerprint density at radius 2 is 2.00 bits per heavy atom. The Labute approximate surface area is 116 Å². The number of carboxylic acid groups (broad SMARTS) is 1. The van der Waals surface area contributed by atoms with Crippen molar-refractivity contribution in [1.82, 2.24) is 14.7 Å². The standard InChI is InChI=1S/C14H16FN3O2/c1-17(2)7-8-18-9-12(13(16-18)14(19)20)10-3-5-11(15)6-4-10/h3-6,9H,7-8H2,1-2H3,(H,19,20). The summed E-state index contributed by atoms with van der Waals surface area (Å²) < 4.78 is 14.5. The molecule has 1 aromatic carbocycles. The van der Waals surface area contributed by atoms with Crippen molar-refractivity contribution >= 4 is 5.97 Å². The fraction of sp³-hybridized carbons (Fsp3) is 0.286. The monoisotopic (exact) mass is 277 g/mol. The number of aromatic nitrogens is 2. The number of aromatic carboxylic acids is 1. The van der Waals surface area contributed by atoms with Gasteiger partial charge in [-0.3, -0.25) is 4.68 Å². The molecule has 0 saturated heterocycles. The van der Waals surface area contributed by atoms with Crippen LogP contribution in [-0.4, -0.2) is 46.4 Å². The van der Waals surface area contributed by atoms with Crippen LogP contribution >= 0.6 is 0 Å². The van der Waals surface area contributed by atoms with Crippen LogP contribution in [0.2, 0.25) is 0 Å². The van der Waals surface area contributed by atoms with Crippen LogP contribution in [0, 0.1) is 5.82 Å². The van der Waals surface area contributed by atoms with Crippen molar-refractivity contribution in [3.63, 3.8) is 0 Å². The minimum absolute atomic E-state index is 0.0182. The van der Waals surface area contributed by atoms with Crippen LogP contribution in [0.5, 0.6) is 0 Å². The first-order chi connectivity index (χ1) is 9.47. The maximum atomic E-state index is 12.9. The quantitative estimate of drug-likeness (QED) is 0.907. The van der Waals surface area contributed by atoms with Gasteiger partial charge in [0.2, 0.25) is 0 Å². The first-order valence-corrected chi connectivity index (χ1v) is 6.19. The number of hydrogen-bond donors (Lipinski definition) is 1. The van der Waals surface area contributed by atoms with E-state index in [1.807, 2.05) is 19.0 Å². The molecule has 0 radical (unpaired) electrons. The van der Waals surface area contributed by atoms with E-state index in [0.717, 1.165) is 6.54 Å². The van der Waals surface area contributed by atoms with Crippen molar-refractivity contribution in [1.29, 1.82) is 0 Å². The van der Waals surface area contributed by atoms with Crippen molar-refractivity contribution in [2.75, 3.05) is 20.6 Å². The molecule has 5 nitrogen and oxygen atoms in total. The molecule has 0 aliphatic carbocycles. The molecule has 1 N–H and O–H groups in total. The maximum absolute atomic E-state index is 12.9. The lowest BCUT2D eigenvalue weighted by Crippen LogP contribution is -2.18. The topological polar surface area (TPSA) is 58.4 Å². The number of halogens is 1. The van der Waals surface area contributed by atoms with Gasteiger partial charge >= 0.3 is 5.97 Å². The first-order valence-electron chi connectivity index (χ1n) is 6.19. The van der Waals surface area contributed by atoms with Gasteiger partial charge in [0.25, 0.3) is 0 Å². The van der Waals surface area contributed by atoms with Crippen LogP contribution < -0.4 is 0 Å². The lowest BCUT2D eigenvalue weighted by molar-refractivity contribution is 0.0690. The highest BCUT2D eigenvalue weighted by atomic mass is 19.1. The SMILES string of the molecule is CN(C)CCn1cc(-c2ccc(F)cc2)c(C(=O)O)n1. The zero-order valence-electron chi connectivity index (χ0n) is 11.4. The molecule has 2 aromatic rings. The van der Waals surface area contributed by atoms with Gasteiger partial charge in [0.1, 0.15) is 5.82 Å². The van der Waals surface area contributed by atoms with E-state index in [0.29, 0.717) is 17.7 Å². The summed E-state index contributed by atoms with van der Waals surface area (Å²) in [7, 11) is 3.87. The Hall–Kier alpha value is -2.21. The third kappa shape index (κ3) is 3.21. The van der Waals surface area contributed by atoms with E-state index in [1.165, 1.54) is 12.1 Å². The van der Waals surface area contributed by atoms with Crippen molar-refractivity contribution in [3.05, 3.63) is 42.0 Å². The fourth-order valence-electron chi connectivity index (χ4n) is 1.84. The highest BCUT2D eigenvalue weighted by molar-refractivity contribution is 5.93. The predicted molar refractivity (Wildman–Crippen MR) is 73.1 cm³/mol. The molecule has 0 bridgehead atoms. The molecule has 20 heavy (non-hydrogen) atoms. The minimum atomic E-state index is -1.09. The zero-order chi connectivity index (χ0) is 14.7. The van der Waals surface area contributed by atoms with E-state index in [4.69, 9.17) is 0 Å². The fourth-order valence-corrected chi connectivity index (χ4v) is 1.84. The predicted octanol–water partition coefficient (Wildman–Crippen LogP) is 1.95. The highest BCUT2D eigenvalue weighted by Gasteiger charge is 2.17. The van der Waals surface area contributed by atoms with Crippen LogP contribution in [0.25, 0.3) is 11.1 Å². The average Bonchev–Trinajstić information content (AvgIpc) is 2.81. The molecule has 2 rings (SSSR count). The van der Waals surface area contributed by atoms with Crippen molar-refractivity contribution < 1.29 is 14.3 Å². The summed E-state index contributed by atoms with van der Waals surface area (Å²) >= 11 is 0. The van der Waals surface area contributed by atoms with Crippen molar-refractivity contribution in [2.24, 2.45) is 0 Å². The van der Waals surface area contributed by atoms with Gasteiger partial charge in [-0.15, -0.1) is 0 Å². The molecular weight excluding hydrogens is 261 g/mol. The molecule has 0 saturated carbocycles. The smallest absolute Gasteiger partial charge is 0.357 e. The molecule has 0 fully saturated rings. The average molecular weight is 277 g/mol. The summed E-state index contributed by atoms with van der Waals surface area (Å²) in [6.07, 6.45) is 1.68. The van der Waals surface area contributed by atoms with Crippen LogP contribution in [0.3, 0.4) is 0 Å². The van der Waals surface area contributed by atoms with Gasteiger partial charge in [0, 0.05) is 18.3 Å². The van der Waals surface area contributed by atoms with Crippen molar-refractivity contribution in [3.8, 4) is 11.1 Å². The molecule has 0 aliphatic heterocycles. The van der Waals surface area contributed by atoms with E-state index < -0.39 is 5.97 Å². The summed E-state index contributed by atoms with van der Waals surface area (Å²) in [5.41, 5.74) is 1.12. The van der Waals surface area contributed by atoms with Gasteiger partial charge in [-0.25, -0.2) is 9.18 Å². The van der Waals surface area contributed by atoms with Crippen molar-refractivity contribution in [2.45, 2.75) is 6.54 Å². The second kappa shape index (κ2) is 5.83. The summed E-state index contributed by atoms with van der Waals surface area (Å²) in [4.78, 5) is 13.2. The highest BCUT2D eigenvalue weighted by Crippen LogP contribution is 2.23. The molecule has 0 atom stereocenters. The summed E-state index contributed by atoms with van der Waals surface area (Å²) in [6.45, 7) is 1.35. The number of rotatable bonds is 5. The molecule has 0 unspecified atom stereocenters. The van der Waals surface area contributed by atoms with E-state index in [9.17, 15) is 14.3 Å². The second-order valence-corrected chi connectivity index (χ2v) is 4.77. The van der Waals surface area contributed by atoms with E-state index in [-0.39, 0.29) is 11.5 Å². The van der Waals surface area contributed by atoms with E-state index >= 15 is 0 Å². The Kier molecular flexibility index (Phi) is 4.14. The van der Waals surface area contributed by atoms with Gasteiger partial charge in [0.05, 0.1) is 6.54 Å². The van der Waals surface area contributed by atoms with E-state index in [2.05, 4.69) is 5.10 Å². The lowest BCUT2D eigenvalue weighted by Gasteiger charge is -2.08. The number of nitrogens with zero attached hydrogens (tertiary/aromatic N) is 3. The number of carbonyl (C=O) groups is 1. The molecule has 0 spiro atoms. The molecule has 0 aliphatic rings. The van der Waals surface area contributed by atoms with Crippen LogP contribution in [0.1, 0.15) is 10.5 Å². The maximum Gasteiger partial charge on any atom is 0.357 e. The first kappa shape index (κ1) is 14.2. The zero-order valence-corrected chi connectivity index (χ0v) is 11.4. The Bertz CT molecular complexity index is 605. The van der Waals surface area contributed by atoms with Gasteiger partial charge in [0.15, 0.2) is 5.69 Å².